The monoisotopic (exact) mass is 228 g/mol. The fraction of sp³-hybridized carbons (Fsp3) is 0.769. The quantitative estimate of drug-likeness (QED) is 0.249. The molecule has 0 saturated carbocycles. The summed E-state index contributed by atoms with van der Waals surface area (Å²) < 4.78 is 10.2. The number of carbonyl (C=O) groups excluding carboxylic acids is 1. The third kappa shape index (κ3) is 9.71. The SMILES string of the molecule is C=CC(=O)OC(C)OCCCCCCCC. The van der Waals surface area contributed by atoms with Crippen LogP contribution < -0.4 is 0 Å². The Hall–Kier alpha value is -0.830. The Bertz CT molecular complexity index is 190. The van der Waals surface area contributed by atoms with E-state index in [2.05, 4.69) is 13.5 Å². The molecule has 0 aliphatic heterocycles. The van der Waals surface area contributed by atoms with E-state index in [9.17, 15) is 4.79 Å². The van der Waals surface area contributed by atoms with Crippen molar-refractivity contribution in [2.75, 3.05) is 6.61 Å². The molecule has 0 fully saturated rings. The van der Waals surface area contributed by atoms with Crippen LogP contribution in [0.15, 0.2) is 12.7 Å². The van der Waals surface area contributed by atoms with Crippen LogP contribution in [0, 0.1) is 0 Å². The average Bonchev–Trinajstić information content (AvgIpc) is 2.27. The molecule has 0 aromatic heterocycles. The van der Waals surface area contributed by atoms with Crippen LogP contribution in [-0.2, 0) is 14.3 Å². The van der Waals surface area contributed by atoms with E-state index in [-0.39, 0.29) is 0 Å². The van der Waals surface area contributed by atoms with Gasteiger partial charge < -0.3 is 9.47 Å². The lowest BCUT2D eigenvalue weighted by molar-refractivity contribution is -0.168. The van der Waals surface area contributed by atoms with E-state index >= 15 is 0 Å². The summed E-state index contributed by atoms with van der Waals surface area (Å²) in [5.74, 6) is -0.435. The van der Waals surface area contributed by atoms with Crippen molar-refractivity contribution in [1.82, 2.24) is 0 Å². The van der Waals surface area contributed by atoms with Crippen LogP contribution in [0.1, 0.15) is 52.4 Å². The molecular weight excluding hydrogens is 204 g/mol. The van der Waals surface area contributed by atoms with Gasteiger partial charge in [-0.1, -0.05) is 45.6 Å². The second-order valence-corrected chi connectivity index (χ2v) is 3.85. The highest BCUT2D eigenvalue weighted by molar-refractivity contribution is 5.81. The molecule has 0 aliphatic carbocycles. The van der Waals surface area contributed by atoms with Gasteiger partial charge in [0.25, 0.3) is 0 Å². The van der Waals surface area contributed by atoms with Crippen molar-refractivity contribution in [2.24, 2.45) is 0 Å². The lowest BCUT2D eigenvalue weighted by Crippen LogP contribution is -2.17. The lowest BCUT2D eigenvalue weighted by atomic mass is 10.1. The second-order valence-electron chi connectivity index (χ2n) is 3.85. The first-order valence-electron chi connectivity index (χ1n) is 6.15. The van der Waals surface area contributed by atoms with Gasteiger partial charge in [0, 0.05) is 6.08 Å². The van der Waals surface area contributed by atoms with Crippen molar-refractivity contribution in [2.45, 2.75) is 58.7 Å². The maximum absolute atomic E-state index is 10.8. The Kier molecular flexibility index (Phi) is 10.1. The van der Waals surface area contributed by atoms with Gasteiger partial charge in [-0.25, -0.2) is 4.79 Å². The molecule has 0 amide bonds. The normalized spacial score (nSPS) is 12.1. The summed E-state index contributed by atoms with van der Waals surface area (Å²) in [4.78, 5) is 10.8. The van der Waals surface area contributed by atoms with Crippen LogP contribution in [-0.4, -0.2) is 18.9 Å². The molecule has 3 nitrogen and oxygen atoms in total. The molecule has 0 spiro atoms. The van der Waals surface area contributed by atoms with Gasteiger partial charge in [-0.2, -0.15) is 0 Å². The number of carbonyl (C=O) groups is 1. The molecule has 16 heavy (non-hydrogen) atoms. The minimum absolute atomic E-state index is 0.435. The first kappa shape index (κ1) is 15.2. The van der Waals surface area contributed by atoms with E-state index in [1.807, 2.05) is 0 Å². The predicted molar refractivity (Wildman–Crippen MR) is 65.1 cm³/mol. The zero-order valence-electron chi connectivity index (χ0n) is 10.5. The van der Waals surface area contributed by atoms with Gasteiger partial charge in [-0.05, 0) is 13.3 Å². The highest BCUT2D eigenvalue weighted by Gasteiger charge is 2.05. The van der Waals surface area contributed by atoms with E-state index in [1.54, 1.807) is 6.92 Å². The van der Waals surface area contributed by atoms with Gasteiger partial charge in [0.1, 0.15) is 0 Å². The number of hydrogen-bond acceptors (Lipinski definition) is 3. The van der Waals surface area contributed by atoms with Gasteiger partial charge >= 0.3 is 5.97 Å². The smallest absolute Gasteiger partial charge is 0.332 e. The number of unbranched alkanes of at least 4 members (excludes halogenated alkanes) is 5. The van der Waals surface area contributed by atoms with Crippen molar-refractivity contribution in [3.8, 4) is 0 Å². The minimum Gasteiger partial charge on any atom is -0.433 e. The van der Waals surface area contributed by atoms with Crippen molar-refractivity contribution < 1.29 is 14.3 Å². The molecule has 0 aromatic carbocycles. The third-order valence-corrected chi connectivity index (χ3v) is 2.30. The van der Waals surface area contributed by atoms with E-state index in [1.165, 1.54) is 32.1 Å². The number of hydrogen-bond donors (Lipinski definition) is 0. The third-order valence-electron chi connectivity index (χ3n) is 2.30. The Morgan fingerprint density at radius 2 is 1.88 bits per heavy atom. The molecule has 0 rings (SSSR count). The maximum atomic E-state index is 10.8. The van der Waals surface area contributed by atoms with E-state index in [4.69, 9.17) is 9.47 Å². The largest absolute Gasteiger partial charge is 0.433 e. The van der Waals surface area contributed by atoms with E-state index < -0.39 is 12.3 Å². The Balaban J connectivity index is 3.24. The molecule has 0 radical (unpaired) electrons. The van der Waals surface area contributed by atoms with Gasteiger partial charge in [0.05, 0.1) is 6.61 Å². The summed E-state index contributed by atoms with van der Waals surface area (Å²) in [5, 5.41) is 0. The van der Waals surface area contributed by atoms with Gasteiger partial charge in [0.15, 0.2) is 6.29 Å². The molecular formula is C13H24O3. The van der Waals surface area contributed by atoms with Crippen LogP contribution in [0.2, 0.25) is 0 Å². The molecule has 0 N–H and O–H groups in total. The van der Waals surface area contributed by atoms with Crippen LogP contribution in [0.5, 0.6) is 0 Å². The van der Waals surface area contributed by atoms with E-state index in [0.717, 1.165) is 12.5 Å². The number of ether oxygens (including phenoxy) is 2. The minimum atomic E-state index is -0.471. The van der Waals surface area contributed by atoms with E-state index in [0.29, 0.717) is 6.61 Å². The van der Waals surface area contributed by atoms with Crippen molar-refractivity contribution in [3.63, 3.8) is 0 Å². The molecule has 94 valence electrons. The molecule has 0 heterocycles. The molecule has 0 saturated heterocycles. The van der Waals surface area contributed by atoms with Crippen molar-refractivity contribution in [3.05, 3.63) is 12.7 Å². The highest BCUT2D eigenvalue weighted by atomic mass is 16.7. The molecule has 3 heteroatoms. The first-order valence-corrected chi connectivity index (χ1v) is 6.15. The highest BCUT2D eigenvalue weighted by Crippen LogP contribution is 2.06. The molecule has 1 atom stereocenters. The predicted octanol–water partition coefficient (Wildman–Crippen LogP) is 3.44. The van der Waals surface area contributed by atoms with Crippen LogP contribution >= 0.6 is 0 Å². The summed E-state index contributed by atoms with van der Waals surface area (Å²) in [6.45, 7) is 7.90. The maximum Gasteiger partial charge on any atom is 0.332 e. The standard InChI is InChI=1S/C13H24O3/c1-4-6-7-8-9-10-11-15-12(3)16-13(14)5-2/h5,12H,2,4,6-11H2,1,3H3. The summed E-state index contributed by atoms with van der Waals surface area (Å²) in [7, 11) is 0. The zero-order valence-corrected chi connectivity index (χ0v) is 10.5. The van der Waals surface area contributed by atoms with Gasteiger partial charge in [0.2, 0.25) is 0 Å². The molecule has 0 aliphatic rings. The molecule has 0 bridgehead atoms. The Labute approximate surface area is 98.8 Å². The summed E-state index contributed by atoms with van der Waals surface area (Å²) in [5.41, 5.74) is 0. The van der Waals surface area contributed by atoms with Crippen molar-refractivity contribution >= 4 is 5.97 Å². The number of esters is 1. The molecule has 0 aromatic rings. The fourth-order valence-corrected chi connectivity index (χ4v) is 1.38. The summed E-state index contributed by atoms with van der Waals surface area (Å²) in [6, 6.07) is 0. The summed E-state index contributed by atoms with van der Waals surface area (Å²) in [6.07, 6.45) is 8.03. The molecule has 1 unspecified atom stereocenters. The van der Waals surface area contributed by atoms with Crippen LogP contribution in [0.25, 0.3) is 0 Å². The van der Waals surface area contributed by atoms with Crippen molar-refractivity contribution in [1.29, 1.82) is 0 Å². The lowest BCUT2D eigenvalue weighted by Gasteiger charge is -2.12. The second kappa shape index (κ2) is 10.7. The summed E-state index contributed by atoms with van der Waals surface area (Å²) >= 11 is 0. The Morgan fingerprint density at radius 1 is 1.25 bits per heavy atom. The Morgan fingerprint density at radius 3 is 2.50 bits per heavy atom. The fourth-order valence-electron chi connectivity index (χ4n) is 1.38. The average molecular weight is 228 g/mol. The first-order chi connectivity index (χ1) is 7.70. The van der Waals surface area contributed by atoms with Gasteiger partial charge in [-0.15, -0.1) is 0 Å². The topological polar surface area (TPSA) is 35.5 Å². The van der Waals surface area contributed by atoms with Gasteiger partial charge in [-0.3, -0.25) is 0 Å². The van der Waals surface area contributed by atoms with Crippen LogP contribution in [0.3, 0.4) is 0 Å². The number of rotatable bonds is 10. The zero-order chi connectivity index (χ0) is 12.2. The van der Waals surface area contributed by atoms with Crippen LogP contribution in [0.4, 0.5) is 0 Å².